The smallest absolute Gasteiger partial charge is 0.377 e. The predicted molar refractivity (Wildman–Crippen MR) is 125 cm³/mol. The zero-order valence-corrected chi connectivity index (χ0v) is 20.6. The third-order valence-electron chi connectivity index (χ3n) is 5.37. The number of thiophene rings is 1. The fourth-order valence-electron chi connectivity index (χ4n) is 3.46. The number of hydrogen-bond acceptors (Lipinski definition) is 7. The fourth-order valence-corrected chi connectivity index (χ4v) is 4.24. The Morgan fingerprint density at radius 2 is 1.82 bits per heavy atom. The first kappa shape index (κ1) is 28.6. The average Bonchev–Trinajstić information content (AvgIpc) is 3.58. The Kier molecular flexibility index (Phi) is 7.89. The Balaban J connectivity index is 1.58. The minimum absolute atomic E-state index is 0.0171. The molecular weight excluding hydrogens is 569 g/mol. The predicted octanol–water partition coefficient (Wildman–Crippen LogP) is 3.78. The Bertz CT molecular complexity index is 1560. The fraction of sp³-hybridized carbons (Fsp3) is 0.208. The zero-order valence-electron chi connectivity index (χ0n) is 19.8. The van der Waals surface area contributed by atoms with Crippen LogP contribution in [0.2, 0.25) is 0 Å². The maximum absolute atomic E-state index is 15.8. The molecule has 1 unspecified atom stereocenters. The number of nitrogens with zero attached hydrogens (tertiary/aromatic N) is 5. The van der Waals surface area contributed by atoms with Gasteiger partial charge in [0.2, 0.25) is 0 Å². The number of amides is 1. The van der Waals surface area contributed by atoms with Gasteiger partial charge in [0.15, 0.2) is 5.60 Å². The molecule has 8 nitrogen and oxygen atoms in total. The highest BCUT2D eigenvalue weighted by Crippen LogP contribution is 2.46. The van der Waals surface area contributed by atoms with Crippen molar-refractivity contribution in [2.75, 3.05) is 6.54 Å². The maximum atomic E-state index is 15.8. The van der Waals surface area contributed by atoms with E-state index < -0.39 is 59.6 Å². The lowest BCUT2D eigenvalue weighted by Crippen LogP contribution is -2.48. The molecule has 3 heterocycles. The molecule has 0 spiro atoms. The molecule has 0 saturated carbocycles. The van der Waals surface area contributed by atoms with Gasteiger partial charge < -0.3 is 10.4 Å². The summed E-state index contributed by atoms with van der Waals surface area (Å²) in [6, 6.07) is 6.40. The van der Waals surface area contributed by atoms with Crippen molar-refractivity contribution in [2.45, 2.75) is 24.2 Å². The van der Waals surface area contributed by atoms with Gasteiger partial charge in [0.25, 0.3) is 5.91 Å². The first-order valence-electron chi connectivity index (χ1n) is 11.0. The molecule has 0 aliphatic carbocycles. The summed E-state index contributed by atoms with van der Waals surface area (Å²) >= 11 is 0.816. The Hall–Kier alpha value is -4.36. The molecule has 4 aromatic rings. The number of carbonyl (C=O) groups excluding carboxylic acids is 1. The summed E-state index contributed by atoms with van der Waals surface area (Å²) in [7, 11) is 0. The van der Waals surface area contributed by atoms with Gasteiger partial charge in [0.1, 0.15) is 30.2 Å². The monoisotopic (exact) mass is 584 g/mol. The van der Waals surface area contributed by atoms with Crippen molar-refractivity contribution in [3.8, 4) is 11.8 Å². The van der Waals surface area contributed by atoms with Gasteiger partial charge in [-0.2, -0.15) is 22.0 Å². The van der Waals surface area contributed by atoms with Gasteiger partial charge in [0, 0.05) is 23.4 Å². The standard InChI is InChI=1S/C24H15F7N6O2S/c25-15-3-6-17(18(26)9-15)22(39,12-37-13-34-35-36-37)24(30,31)20-8-2-14(10-32-20)1-4-16-5-7-19(40-16)21(38)33-11-23(27,28)29/h2-3,5-10,13,39H,11-12H2,(H,33,38). The number of aliphatic hydroxyl groups is 1. The molecule has 1 aromatic carbocycles. The van der Waals surface area contributed by atoms with Crippen LogP contribution in [0, 0.1) is 23.5 Å². The second-order valence-electron chi connectivity index (χ2n) is 8.21. The molecule has 4 rings (SSSR count). The lowest BCUT2D eigenvalue weighted by Gasteiger charge is -2.35. The van der Waals surface area contributed by atoms with E-state index in [-0.39, 0.29) is 10.4 Å². The van der Waals surface area contributed by atoms with Crippen LogP contribution in [0.1, 0.15) is 31.4 Å². The molecule has 2 N–H and O–H groups in total. The highest BCUT2D eigenvalue weighted by atomic mass is 32.1. The van der Waals surface area contributed by atoms with E-state index in [0.717, 1.165) is 40.7 Å². The summed E-state index contributed by atoms with van der Waals surface area (Å²) in [6.07, 6.45) is -2.69. The SMILES string of the molecule is O=C(NCC(F)(F)F)c1ccc(C#Cc2ccc(C(F)(F)C(O)(Cn3cnnn3)c3ccc(F)cc3F)nc2)s1. The summed E-state index contributed by atoms with van der Waals surface area (Å²) in [4.78, 5) is 15.8. The Labute approximate surface area is 224 Å². The molecule has 40 heavy (non-hydrogen) atoms. The van der Waals surface area contributed by atoms with Gasteiger partial charge in [-0.05, 0) is 46.8 Å². The van der Waals surface area contributed by atoms with Crippen LogP contribution in [0.5, 0.6) is 0 Å². The molecular formula is C24H15F7N6O2S. The maximum Gasteiger partial charge on any atom is 0.405 e. The van der Waals surface area contributed by atoms with E-state index in [9.17, 15) is 31.9 Å². The van der Waals surface area contributed by atoms with Gasteiger partial charge in [-0.1, -0.05) is 11.8 Å². The van der Waals surface area contributed by atoms with Gasteiger partial charge in [0.05, 0.1) is 16.3 Å². The van der Waals surface area contributed by atoms with Gasteiger partial charge in [-0.3, -0.25) is 9.78 Å². The molecule has 0 bridgehead atoms. The van der Waals surface area contributed by atoms with Crippen molar-refractivity contribution in [1.29, 1.82) is 0 Å². The molecule has 1 amide bonds. The topological polar surface area (TPSA) is 106 Å². The zero-order chi connectivity index (χ0) is 29.1. The van der Waals surface area contributed by atoms with E-state index in [1.54, 1.807) is 5.32 Å². The van der Waals surface area contributed by atoms with E-state index >= 15 is 8.78 Å². The molecule has 208 valence electrons. The normalized spacial score (nSPS) is 13.3. The summed E-state index contributed by atoms with van der Waals surface area (Å²) in [5.41, 5.74) is -5.07. The summed E-state index contributed by atoms with van der Waals surface area (Å²) in [5, 5.41) is 22.9. The summed E-state index contributed by atoms with van der Waals surface area (Å²) in [6.45, 7) is -2.51. The van der Waals surface area contributed by atoms with Crippen LogP contribution >= 0.6 is 11.3 Å². The third kappa shape index (κ3) is 6.26. The van der Waals surface area contributed by atoms with Crippen LogP contribution in [-0.2, 0) is 18.1 Å². The first-order chi connectivity index (χ1) is 18.8. The van der Waals surface area contributed by atoms with E-state index in [0.29, 0.717) is 23.1 Å². The minimum atomic E-state index is -4.57. The Morgan fingerprint density at radius 3 is 2.45 bits per heavy atom. The van der Waals surface area contributed by atoms with Crippen molar-refractivity contribution in [2.24, 2.45) is 0 Å². The second-order valence-corrected chi connectivity index (χ2v) is 9.29. The van der Waals surface area contributed by atoms with Crippen molar-refractivity contribution in [3.05, 3.63) is 93.2 Å². The quantitative estimate of drug-likeness (QED) is 0.253. The second kappa shape index (κ2) is 11.0. The van der Waals surface area contributed by atoms with E-state index in [1.165, 1.54) is 12.1 Å². The van der Waals surface area contributed by atoms with Crippen LogP contribution in [0.15, 0.2) is 55.0 Å². The number of tetrazole rings is 1. The number of halogens is 7. The number of hydrogen-bond donors (Lipinski definition) is 2. The molecule has 16 heteroatoms. The summed E-state index contributed by atoms with van der Waals surface area (Å²) < 4.78 is 97.1. The number of benzene rings is 1. The highest BCUT2D eigenvalue weighted by molar-refractivity contribution is 7.14. The largest absolute Gasteiger partial charge is 0.405 e. The van der Waals surface area contributed by atoms with E-state index in [2.05, 4.69) is 32.4 Å². The van der Waals surface area contributed by atoms with Gasteiger partial charge in [-0.15, -0.1) is 16.4 Å². The van der Waals surface area contributed by atoms with Crippen LogP contribution < -0.4 is 5.32 Å². The van der Waals surface area contributed by atoms with Crippen LogP contribution in [-0.4, -0.2) is 48.9 Å². The molecule has 0 radical (unpaired) electrons. The van der Waals surface area contributed by atoms with Crippen molar-refractivity contribution >= 4 is 17.2 Å². The van der Waals surface area contributed by atoms with Crippen molar-refractivity contribution in [3.63, 3.8) is 0 Å². The molecule has 0 saturated heterocycles. The number of alkyl halides is 5. The molecule has 3 aromatic heterocycles. The molecule has 0 aliphatic heterocycles. The summed E-state index contributed by atoms with van der Waals surface area (Å²) in [5.74, 6) is -2.40. The van der Waals surface area contributed by atoms with E-state index in [4.69, 9.17) is 0 Å². The number of nitrogens with one attached hydrogen (secondary N) is 1. The number of aromatic nitrogens is 5. The average molecular weight is 584 g/mol. The van der Waals surface area contributed by atoms with Crippen LogP contribution in [0.3, 0.4) is 0 Å². The van der Waals surface area contributed by atoms with E-state index in [1.807, 2.05) is 0 Å². The van der Waals surface area contributed by atoms with Crippen LogP contribution in [0.25, 0.3) is 0 Å². The molecule has 1 atom stereocenters. The van der Waals surface area contributed by atoms with Crippen molar-refractivity contribution in [1.82, 2.24) is 30.5 Å². The minimum Gasteiger partial charge on any atom is -0.377 e. The number of carbonyl (C=O) groups is 1. The molecule has 0 aliphatic rings. The Morgan fingerprint density at radius 1 is 1.05 bits per heavy atom. The van der Waals surface area contributed by atoms with Gasteiger partial charge >= 0.3 is 12.1 Å². The number of rotatable bonds is 7. The number of pyridine rings is 1. The lowest BCUT2D eigenvalue weighted by molar-refractivity contribution is -0.207. The lowest BCUT2D eigenvalue weighted by atomic mass is 9.84. The van der Waals surface area contributed by atoms with Crippen molar-refractivity contribution < 1.29 is 40.6 Å². The van der Waals surface area contributed by atoms with Crippen LogP contribution in [0.4, 0.5) is 30.7 Å². The highest BCUT2D eigenvalue weighted by Gasteiger charge is 2.58. The third-order valence-corrected chi connectivity index (χ3v) is 6.37. The first-order valence-corrected chi connectivity index (χ1v) is 11.8. The van der Waals surface area contributed by atoms with Gasteiger partial charge in [-0.25, -0.2) is 13.5 Å². The molecule has 0 fully saturated rings.